The molecule has 0 aliphatic carbocycles. The summed E-state index contributed by atoms with van der Waals surface area (Å²) in [5, 5.41) is 16.4. The topological polar surface area (TPSA) is 84.3 Å². The maximum atomic E-state index is 11.6. The Morgan fingerprint density at radius 2 is 2.21 bits per heavy atom. The largest absolute Gasteiger partial charge is 0.337 e. The Labute approximate surface area is 116 Å². The van der Waals surface area contributed by atoms with Crippen LogP contribution in [0.25, 0.3) is 0 Å². The monoisotopic (exact) mass is 283 g/mol. The van der Waals surface area contributed by atoms with Gasteiger partial charge in [-0.3, -0.25) is 10.1 Å². The number of thioether (sulfide) groups is 1. The average molecular weight is 283 g/mol. The van der Waals surface area contributed by atoms with Gasteiger partial charge in [0.25, 0.3) is 5.69 Å². The molecule has 0 unspecified atom stereocenters. The van der Waals surface area contributed by atoms with E-state index < -0.39 is 4.92 Å². The van der Waals surface area contributed by atoms with Gasteiger partial charge in [-0.2, -0.15) is 11.8 Å². The minimum atomic E-state index is -0.445. The van der Waals surface area contributed by atoms with E-state index in [2.05, 4.69) is 10.6 Å². The van der Waals surface area contributed by atoms with Crippen LogP contribution in [0.1, 0.15) is 12.5 Å². The van der Waals surface area contributed by atoms with Crippen LogP contribution in [0.15, 0.2) is 18.2 Å². The van der Waals surface area contributed by atoms with Crippen molar-refractivity contribution in [1.29, 1.82) is 0 Å². The summed E-state index contributed by atoms with van der Waals surface area (Å²) in [5.74, 6) is 0. The first kappa shape index (κ1) is 15.3. The molecule has 104 valence electrons. The second-order valence-electron chi connectivity index (χ2n) is 4.14. The van der Waals surface area contributed by atoms with Crippen LogP contribution in [0, 0.1) is 17.0 Å². The molecule has 0 aromatic heterocycles. The lowest BCUT2D eigenvalue weighted by Crippen LogP contribution is -2.33. The molecule has 0 heterocycles. The molecule has 1 aromatic carbocycles. The van der Waals surface area contributed by atoms with Gasteiger partial charge in [0.2, 0.25) is 0 Å². The standard InChI is InChI=1S/C12H17N3O3S/c1-8-6-10(4-5-11(8)15(17)18)14-12(16)13-7-9(2)19-3/h4-6,9H,7H2,1-3H3,(H2,13,14,16)/t9-/m1/s1. The van der Waals surface area contributed by atoms with Crippen LogP contribution in [0.3, 0.4) is 0 Å². The molecule has 1 aromatic rings. The van der Waals surface area contributed by atoms with Gasteiger partial charge in [0.15, 0.2) is 0 Å². The Bertz CT molecular complexity index is 479. The van der Waals surface area contributed by atoms with E-state index in [1.807, 2.05) is 13.2 Å². The molecule has 0 aliphatic heterocycles. The number of carbonyl (C=O) groups is 1. The number of rotatable bonds is 5. The van der Waals surface area contributed by atoms with Gasteiger partial charge in [-0.25, -0.2) is 4.79 Å². The third-order valence-electron chi connectivity index (χ3n) is 2.60. The summed E-state index contributed by atoms with van der Waals surface area (Å²) in [4.78, 5) is 21.8. The van der Waals surface area contributed by atoms with Gasteiger partial charge in [-0.1, -0.05) is 6.92 Å². The van der Waals surface area contributed by atoms with Crippen molar-refractivity contribution in [3.8, 4) is 0 Å². The lowest BCUT2D eigenvalue weighted by molar-refractivity contribution is -0.385. The number of nitrogens with zero attached hydrogens (tertiary/aromatic N) is 1. The Kier molecular flexibility index (Phi) is 5.62. The van der Waals surface area contributed by atoms with Gasteiger partial charge in [0, 0.05) is 29.1 Å². The number of hydrogen-bond donors (Lipinski definition) is 2. The highest BCUT2D eigenvalue weighted by Crippen LogP contribution is 2.21. The molecule has 0 aliphatic rings. The van der Waals surface area contributed by atoms with Crippen LogP contribution in [-0.4, -0.2) is 29.0 Å². The number of carbonyl (C=O) groups excluding carboxylic acids is 1. The van der Waals surface area contributed by atoms with E-state index in [0.717, 1.165) is 0 Å². The minimum Gasteiger partial charge on any atom is -0.337 e. The van der Waals surface area contributed by atoms with Crippen molar-refractivity contribution in [2.45, 2.75) is 19.1 Å². The molecule has 6 nitrogen and oxygen atoms in total. The first-order chi connectivity index (χ1) is 8.93. The second-order valence-corrected chi connectivity index (χ2v) is 5.42. The number of nitrogens with one attached hydrogen (secondary N) is 2. The van der Waals surface area contributed by atoms with E-state index in [1.54, 1.807) is 24.8 Å². The van der Waals surface area contributed by atoms with Crippen LogP contribution >= 0.6 is 11.8 Å². The number of benzene rings is 1. The highest BCUT2D eigenvalue weighted by molar-refractivity contribution is 7.99. The quantitative estimate of drug-likeness (QED) is 0.643. The van der Waals surface area contributed by atoms with Crippen LogP contribution in [0.2, 0.25) is 0 Å². The van der Waals surface area contributed by atoms with Crippen molar-refractivity contribution in [3.05, 3.63) is 33.9 Å². The summed E-state index contributed by atoms with van der Waals surface area (Å²) in [7, 11) is 0. The van der Waals surface area contributed by atoms with Gasteiger partial charge in [0.1, 0.15) is 0 Å². The Morgan fingerprint density at radius 1 is 1.53 bits per heavy atom. The Balaban J connectivity index is 2.60. The zero-order valence-corrected chi connectivity index (χ0v) is 11.9. The molecule has 0 spiro atoms. The van der Waals surface area contributed by atoms with E-state index >= 15 is 0 Å². The average Bonchev–Trinajstić information content (AvgIpc) is 2.35. The number of amides is 2. The van der Waals surface area contributed by atoms with Gasteiger partial charge in [-0.15, -0.1) is 0 Å². The second kappa shape index (κ2) is 6.98. The SMILES string of the molecule is CS[C@H](C)CNC(=O)Nc1ccc([N+](=O)[O-])c(C)c1. The highest BCUT2D eigenvalue weighted by atomic mass is 32.2. The first-order valence-corrected chi connectivity index (χ1v) is 7.05. The lowest BCUT2D eigenvalue weighted by atomic mass is 10.2. The van der Waals surface area contributed by atoms with Crippen molar-refractivity contribution in [2.24, 2.45) is 0 Å². The summed E-state index contributed by atoms with van der Waals surface area (Å²) in [6.07, 6.45) is 1.98. The van der Waals surface area contributed by atoms with Crippen LogP contribution in [0.4, 0.5) is 16.2 Å². The third-order valence-corrected chi connectivity index (χ3v) is 3.58. The molecule has 7 heteroatoms. The predicted molar refractivity (Wildman–Crippen MR) is 77.8 cm³/mol. The minimum absolute atomic E-state index is 0.0435. The van der Waals surface area contributed by atoms with E-state index in [9.17, 15) is 14.9 Å². The summed E-state index contributed by atoms with van der Waals surface area (Å²) in [6, 6.07) is 4.17. The Morgan fingerprint density at radius 3 is 2.74 bits per heavy atom. The number of anilines is 1. The summed E-state index contributed by atoms with van der Waals surface area (Å²) in [5.41, 5.74) is 1.10. The van der Waals surface area contributed by atoms with Crippen LogP contribution in [0.5, 0.6) is 0 Å². The van der Waals surface area contributed by atoms with Crippen LogP contribution < -0.4 is 10.6 Å². The summed E-state index contributed by atoms with van der Waals surface area (Å²) < 4.78 is 0. The fraction of sp³-hybridized carbons (Fsp3) is 0.417. The van der Waals surface area contributed by atoms with Crippen molar-refractivity contribution < 1.29 is 9.72 Å². The number of aryl methyl sites for hydroxylation is 1. The van der Waals surface area contributed by atoms with Gasteiger partial charge in [0.05, 0.1) is 4.92 Å². The van der Waals surface area contributed by atoms with E-state index in [1.165, 1.54) is 12.1 Å². The fourth-order valence-electron chi connectivity index (χ4n) is 1.43. The molecular weight excluding hydrogens is 266 g/mol. The molecular formula is C12H17N3O3S. The third kappa shape index (κ3) is 4.78. The fourth-order valence-corrected chi connectivity index (χ4v) is 1.68. The molecule has 1 rings (SSSR count). The van der Waals surface area contributed by atoms with E-state index in [4.69, 9.17) is 0 Å². The number of hydrogen-bond acceptors (Lipinski definition) is 4. The summed E-state index contributed by atoms with van der Waals surface area (Å²) in [6.45, 7) is 4.22. The molecule has 19 heavy (non-hydrogen) atoms. The molecule has 1 atom stereocenters. The smallest absolute Gasteiger partial charge is 0.319 e. The van der Waals surface area contributed by atoms with Gasteiger partial charge in [-0.05, 0) is 25.3 Å². The number of nitro groups is 1. The molecule has 2 amide bonds. The Hall–Kier alpha value is -1.76. The summed E-state index contributed by atoms with van der Waals surface area (Å²) >= 11 is 1.66. The number of nitro benzene ring substituents is 1. The number of urea groups is 1. The molecule has 0 saturated heterocycles. The zero-order chi connectivity index (χ0) is 14.4. The maximum Gasteiger partial charge on any atom is 0.319 e. The predicted octanol–water partition coefficient (Wildman–Crippen LogP) is 2.78. The van der Waals surface area contributed by atoms with Crippen molar-refractivity contribution >= 4 is 29.2 Å². The van der Waals surface area contributed by atoms with E-state index in [-0.39, 0.29) is 11.7 Å². The van der Waals surface area contributed by atoms with Gasteiger partial charge >= 0.3 is 6.03 Å². The molecule has 0 saturated carbocycles. The molecule has 0 radical (unpaired) electrons. The van der Waals surface area contributed by atoms with Gasteiger partial charge < -0.3 is 10.6 Å². The molecule has 2 N–H and O–H groups in total. The maximum absolute atomic E-state index is 11.6. The van der Waals surface area contributed by atoms with Crippen molar-refractivity contribution in [3.63, 3.8) is 0 Å². The lowest BCUT2D eigenvalue weighted by Gasteiger charge is -2.11. The molecule has 0 fully saturated rings. The first-order valence-electron chi connectivity index (χ1n) is 5.76. The van der Waals surface area contributed by atoms with Crippen LogP contribution in [-0.2, 0) is 0 Å². The van der Waals surface area contributed by atoms with Crippen molar-refractivity contribution in [1.82, 2.24) is 5.32 Å². The zero-order valence-electron chi connectivity index (χ0n) is 11.1. The van der Waals surface area contributed by atoms with E-state index in [0.29, 0.717) is 23.0 Å². The molecule has 0 bridgehead atoms. The van der Waals surface area contributed by atoms with Crippen molar-refractivity contribution in [2.75, 3.05) is 18.1 Å². The normalized spacial score (nSPS) is 11.7. The highest BCUT2D eigenvalue weighted by Gasteiger charge is 2.11.